The van der Waals surface area contributed by atoms with Crippen LogP contribution < -0.4 is 5.56 Å². The average Bonchev–Trinajstić information content (AvgIpc) is 2.75. The van der Waals surface area contributed by atoms with Crippen molar-refractivity contribution < 1.29 is 4.79 Å². The van der Waals surface area contributed by atoms with Crippen molar-refractivity contribution in [3.05, 3.63) is 82.1 Å². The topological polar surface area (TPSA) is 53.2 Å². The van der Waals surface area contributed by atoms with Crippen molar-refractivity contribution >= 4 is 16.7 Å². The van der Waals surface area contributed by atoms with E-state index < -0.39 is 0 Å². The molecule has 0 spiro atoms. The van der Waals surface area contributed by atoms with E-state index in [-0.39, 0.29) is 17.4 Å². The maximum atomic E-state index is 13.2. The molecular formula is C25H28N2O2. The molecular weight excluding hydrogens is 360 g/mol. The van der Waals surface area contributed by atoms with E-state index in [2.05, 4.69) is 47.1 Å². The Bertz CT molecular complexity index is 1030. The second-order valence-electron chi connectivity index (χ2n) is 8.08. The van der Waals surface area contributed by atoms with Crippen molar-refractivity contribution in [2.24, 2.45) is 5.92 Å². The van der Waals surface area contributed by atoms with Gasteiger partial charge in [0.05, 0.1) is 6.04 Å². The number of aromatic nitrogens is 1. The molecule has 2 heterocycles. The molecule has 0 bridgehead atoms. The number of carbonyl (C=O) groups excluding carboxylic acids is 1. The van der Waals surface area contributed by atoms with Crippen LogP contribution in [0, 0.1) is 5.92 Å². The smallest absolute Gasteiger partial charge is 0.248 e. The van der Waals surface area contributed by atoms with Crippen LogP contribution in [-0.4, -0.2) is 34.8 Å². The predicted octanol–water partition coefficient (Wildman–Crippen LogP) is 4.44. The number of nitrogens with one attached hydrogen (secondary N) is 1. The minimum absolute atomic E-state index is 0.0760. The summed E-state index contributed by atoms with van der Waals surface area (Å²) in [6.07, 6.45) is 4.21. The van der Waals surface area contributed by atoms with Crippen molar-refractivity contribution in [1.82, 2.24) is 9.88 Å². The minimum Gasteiger partial charge on any atom is -0.322 e. The monoisotopic (exact) mass is 388 g/mol. The number of rotatable bonds is 6. The standard InChI is InChI=1S/C25H28N2O2/c1-2-23(25(29)21-8-10-22-20(17-21)9-11-24(28)26-22)27-14-12-19(13-15-27)16-18-6-4-3-5-7-18/h3-11,17,19,23H,2,12-16H2,1H3,(H,26,28). The zero-order valence-corrected chi connectivity index (χ0v) is 16.9. The summed E-state index contributed by atoms with van der Waals surface area (Å²) in [5.41, 5.74) is 2.77. The zero-order chi connectivity index (χ0) is 20.2. The van der Waals surface area contributed by atoms with Crippen LogP contribution >= 0.6 is 0 Å². The summed E-state index contributed by atoms with van der Waals surface area (Å²) in [4.78, 5) is 29.9. The number of nitrogens with zero attached hydrogens (tertiary/aromatic N) is 1. The number of ketones is 1. The third-order valence-electron chi connectivity index (χ3n) is 6.15. The van der Waals surface area contributed by atoms with Gasteiger partial charge in [0, 0.05) is 17.1 Å². The van der Waals surface area contributed by atoms with Crippen molar-refractivity contribution in [2.45, 2.75) is 38.6 Å². The van der Waals surface area contributed by atoms with E-state index in [0.717, 1.165) is 55.2 Å². The van der Waals surface area contributed by atoms with E-state index in [4.69, 9.17) is 0 Å². The number of likely N-dealkylation sites (tertiary alicyclic amines) is 1. The van der Waals surface area contributed by atoms with E-state index >= 15 is 0 Å². The lowest BCUT2D eigenvalue weighted by Crippen LogP contribution is -2.45. The largest absolute Gasteiger partial charge is 0.322 e. The van der Waals surface area contributed by atoms with E-state index in [9.17, 15) is 9.59 Å². The van der Waals surface area contributed by atoms with E-state index in [1.165, 1.54) is 11.6 Å². The van der Waals surface area contributed by atoms with Crippen LogP contribution in [0.15, 0.2) is 65.5 Å². The minimum atomic E-state index is -0.124. The van der Waals surface area contributed by atoms with Gasteiger partial charge in [-0.05, 0) is 79.9 Å². The van der Waals surface area contributed by atoms with Gasteiger partial charge < -0.3 is 4.98 Å². The van der Waals surface area contributed by atoms with Crippen LogP contribution in [0.4, 0.5) is 0 Å². The molecule has 1 aliphatic rings. The average molecular weight is 389 g/mol. The summed E-state index contributed by atoms with van der Waals surface area (Å²) < 4.78 is 0. The summed E-state index contributed by atoms with van der Waals surface area (Å²) >= 11 is 0. The van der Waals surface area contributed by atoms with Crippen molar-refractivity contribution in [3.63, 3.8) is 0 Å². The van der Waals surface area contributed by atoms with Crippen LogP contribution in [0.1, 0.15) is 42.1 Å². The Labute approximate surface area is 171 Å². The third kappa shape index (κ3) is 4.48. The highest BCUT2D eigenvalue weighted by Crippen LogP contribution is 2.25. The lowest BCUT2D eigenvalue weighted by atomic mass is 9.88. The van der Waals surface area contributed by atoms with Gasteiger partial charge in [-0.15, -0.1) is 0 Å². The highest BCUT2D eigenvalue weighted by Gasteiger charge is 2.29. The number of carbonyl (C=O) groups is 1. The second kappa shape index (κ2) is 8.75. The Morgan fingerprint density at radius 1 is 1.07 bits per heavy atom. The maximum Gasteiger partial charge on any atom is 0.248 e. The first-order valence-electron chi connectivity index (χ1n) is 10.6. The van der Waals surface area contributed by atoms with Gasteiger partial charge >= 0.3 is 0 Å². The molecule has 29 heavy (non-hydrogen) atoms. The Balaban J connectivity index is 1.43. The summed E-state index contributed by atoms with van der Waals surface area (Å²) in [7, 11) is 0. The first-order valence-corrected chi connectivity index (χ1v) is 10.6. The number of H-pyrrole nitrogens is 1. The fraction of sp³-hybridized carbons (Fsp3) is 0.360. The number of benzene rings is 2. The fourth-order valence-corrected chi connectivity index (χ4v) is 4.53. The van der Waals surface area contributed by atoms with Crippen LogP contribution in [0.5, 0.6) is 0 Å². The molecule has 1 unspecified atom stereocenters. The number of pyridine rings is 1. The molecule has 1 N–H and O–H groups in total. The Hall–Kier alpha value is -2.72. The van der Waals surface area contributed by atoms with Gasteiger partial charge in [-0.3, -0.25) is 14.5 Å². The molecule has 0 saturated carbocycles. The van der Waals surface area contributed by atoms with Gasteiger partial charge in [0.15, 0.2) is 5.78 Å². The van der Waals surface area contributed by atoms with Gasteiger partial charge in [0.2, 0.25) is 5.56 Å². The second-order valence-corrected chi connectivity index (χ2v) is 8.08. The molecule has 1 fully saturated rings. The van der Waals surface area contributed by atoms with Gasteiger partial charge in [0.25, 0.3) is 0 Å². The van der Waals surface area contributed by atoms with Crippen molar-refractivity contribution in [2.75, 3.05) is 13.1 Å². The van der Waals surface area contributed by atoms with E-state index in [0.29, 0.717) is 5.92 Å². The summed E-state index contributed by atoms with van der Waals surface area (Å²) in [6, 6.07) is 19.5. The van der Waals surface area contributed by atoms with Gasteiger partial charge in [-0.2, -0.15) is 0 Å². The number of hydrogen-bond donors (Lipinski definition) is 1. The SMILES string of the molecule is CCC(C(=O)c1ccc2[nH]c(=O)ccc2c1)N1CCC(Cc2ccccc2)CC1. The molecule has 3 aromatic rings. The Kier molecular flexibility index (Phi) is 5.91. The van der Waals surface area contributed by atoms with Crippen molar-refractivity contribution in [1.29, 1.82) is 0 Å². The molecule has 1 aromatic heterocycles. The van der Waals surface area contributed by atoms with Crippen LogP contribution in [0.2, 0.25) is 0 Å². The lowest BCUT2D eigenvalue weighted by molar-refractivity contribution is 0.0734. The molecule has 0 aliphatic carbocycles. The molecule has 0 radical (unpaired) electrons. The zero-order valence-electron chi connectivity index (χ0n) is 16.9. The first kappa shape index (κ1) is 19.6. The highest BCUT2D eigenvalue weighted by atomic mass is 16.1. The summed E-state index contributed by atoms with van der Waals surface area (Å²) in [5, 5.41) is 0.895. The number of fused-ring (bicyclic) bond motifs is 1. The number of aromatic amines is 1. The lowest BCUT2D eigenvalue weighted by Gasteiger charge is -2.36. The van der Waals surface area contributed by atoms with Gasteiger partial charge in [0.1, 0.15) is 0 Å². The normalized spacial score (nSPS) is 16.7. The van der Waals surface area contributed by atoms with Gasteiger partial charge in [-0.25, -0.2) is 0 Å². The van der Waals surface area contributed by atoms with Crippen LogP contribution in [0.25, 0.3) is 10.9 Å². The van der Waals surface area contributed by atoms with Crippen LogP contribution in [0.3, 0.4) is 0 Å². The van der Waals surface area contributed by atoms with Crippen molar-refractivity contribution in [3.8, 4) is 0 Å². The van der Waals surface area contributed by atoms with Crippen LogP contribution in [-0.2, 0) is 6.42 Å². The Morgan fingerprint density at radius 2 is 1.83 bits per heavy atom. The maximum absolute atomic E-state index is 13.2. The molecule has 4 rings (SSSR count). The molecule has 4 heteroatoms. The van der Waals surface area contributed by atoms with E-state index in [1.54, 1.807) is 6.07 Å². The number of Topliss-reactive ketones (excluding diaryl/α,β-unsaturated/α-hetero) is 1. The highest BCUT2D eigenvalue weighted by molar-refractivity contribution is 6.02. The third-order valence-corrected chi connectivity index (χ3v) is 6.15. The summed E-state index contributed by atoms with van der Waals surface area (Å²) in [5.74, 6) is 0.876. The number of hydrogen-bond acceptors (Lipinski definition) is 3. The first-order chi connectivity index (χ1) is 14.1. The number of piperidine rings is 1. The molecule has 1 saturated heterocycles. The molecule has 2 aromatic carbocycles. The summed E-state index contributed by atoms with van der Waals surface area (Å²) in [6.45, 7) is 4.04. The van der Waals surface area contributed by atoms with E-state index in [1.807, 2.05) is 18.2 Å². The molecule has 1 aliphatic heterocycles. The quantitative estimate of drug-likeness (QED) is 0.635. The molecule has 4 nitrogen and oxygen atoms in total. The molecule has 150 valence electrons. The predicted molar refractivity (Wildman–Crippen MR) is 117 cm³/mol. The molecule has 0 amide bonds. The van der Waals surface area contributed by atoms with Gasteiger partial charge in [-0.1, -0.05) is 37.3 Å². The fourth-order valence-electron chi connectivity index (χ4n) is 4.53. The Morgan fingerprint density at radius 3 is 2.55 bits per heavy atom. The molecule has 1 atom stereocenters.